The van der Waals surface area contributed by atoms with E-state index in [0.29, 0.717) is 17.1 Å². The van der Waals surface area contributed by atoms with Crippen molar-refractivity contribution in [2.24, 2.45) is 0 Å². The molecule has 0 bridgehead atoms. The zero-order valence-corrected chi connectivity index (χ0v) is 16.7. The molecule has 1 saturated heterocycles. The summed E-state index contributed by atoms with van der Waals surface area (Å²) in [5, 5.41) is 2.10. The smallest absolute Gasteiger partial charge is 0.254 e. The first kappa shape index (κ1) is 18.2. The quantitative estimate of drug-likeness (QED) is 0.736. The molecule has 0 unspecified atom stereocenters. The van der Waals surface area contributed by atoms with Crippen molar-refractivity contribution in [1.29, 1.82) is 0 Å². The van der Waals surface area contributed by atoms with Crippen molar-refractivity contribution in [2.45, 2.75) is 6.54 Å². The number of amides is 1. The van der Waals surface area contributed by atoms with Gasteiger partial charge in [0, 0.05) is 43.2 Å². The molecule has 1 amide bonds. The van der Waals surface area contributed by atoms with Gasteiger partial charge in [0.25, 0.3) is 5.91 Å². The third kappa shape index (κ3) is 4.16. The number of thiophene rings is 1. The maximum Gasteiger partial charge on any atom is 0.254 e. The molecule has 134 valence electrons. The number of hydrogen-bond acceptors (Lipinski definition) is 5. The molecule has 0 radical (unpaired) electrons. The largest absolute Gasteiger partial charge is 0.495 e. The van der Waals surface area contributed by atoms with Gasteiger partial charge < -0.3 is 14.4 Å². The summed E-state index contributed by atoms with van der Waals surface area (Å²) in [7, 11) is 3.16. The van der Waals surface area contributed by atoms with Crippen molar-refractivity contribution in [3.63, 3.8) is 0 Å². The van der Waals surface area contributed by atoms with Crippen LogP contribution in [0, 0.1) is 0 Å². The Morgan fingerprint density at radius 2 is 1.80 bits per heavy atom. The molecule has 1 aliphatic heterocycles. The number of hydrogen-bond donors (Lipinski definition) is 0. The predicted molar refractivity (Wildman–Crippen MR) is 103 cm³/mol. The van der Waals surface area contributed by atoms with Gasteiger partial charge in [-0.15, -0.1) is 11.3 Å². The predicted octanol–water partition coefficient (Wildman–Crippen LogP) is 3.49. The number of carbonyl (C=O) groups is 1. The highest BCUT2D eigenvalue weighted by Gasteiger charge is 2.24. The Kier molecular flexibility index (Phi) is 5.98. The molecule has 7 heteroatoms. The van der Waals surface area contributed by atoms with Crippen LogP contribution in [0.2, 0.25) is 0 Å². The van der Waals surface area contributed by atoms with Crippen molar-refractivity contribution in [2.75, 3.05) is 40.4 Å². The zero-order valence-electron chi connectivity index (χ0n) is 14.3. The fraction of sp³-hybridized carbons (Fsp3) is 0.389. The van der Waals surface area contributed by atoms with Gasteiger partial charge in [-0.05, 0) is 39.5 Å². The average molecular weight is 425 g/mol. The Hall–Kier alpha value is -1.57. The van der Waals surface area contributed by atoms with Gasteiger partial charge in [-0.25, -0.2) is 0 Å². The highest BCUT2D eigenvalue weighted by Crippen LogP contribution is 2.36. The molecule has 1 aliphatic rings. The van der Waals surface area contributed by atoms with Crippen LogP contribution in [0.25, 0.3) is 0 Å². The second kappa shape index (κ2) is 8.21. The minimum atomic E-state index is 0.0138. The van der Waals surface area contributed by atoms with Gasteiger partial charge in [-0.1, -0.05) is 6.07 Å². The molecule has 5 nitrogen and oxygen atoms in total. The van der Waals surface area contributed by atoms with Gasteiger partial charge in [-0.3, -0.25) is 9.69 Å². The molecule has 1 fully saturated rings. The minimum absolute atomic E-state index is 0.0138. The number of ether oxygens (including phenoxy) is 2. The molecule has 1 aromatic heterocycles. The highest BCUT2D eigenvalue weighted by atomic mass is 79.9. The van der Waals surface area contributed by atoms with E-state index in [-0.39, 0.29) is 5.91 Å². The number of piperazine rings is 1. The lowest BCUT2D eigenvalue weighted by Crippen LogP contribution is -2.48. The Labute approximate surface area is 160 Å². The molecule has 0 N–H and O–H groups in total. The molecule has 0 saturated carbocycles. The van der Waals surface area contributed by atoms with E-state index >= 15 is 0 Å². The zero-order chi connectivity index (χ0) is 17.8. The summed E-state index contributed by atoms with van der Waals surface area (Å²) >= 11 is 5.21. The summed E-state index contributed by atoms with van der Waals surface area (Å²) in [5.74, 6) is 1.21. The summed E-state index contributed by atoms with van der Waals surface area (Å²) < 4.78 is 11.4. The molecule has 25 heavy (non-hydrogen) atoms. The van der Waals surface area contributed by atoms with Crippen LogP contribution in [0.4, 0.5) is 0 Å². The van der Waals surface area contributed by atoms with Crippen LogP contribution in [0.5, 0.6) is 11.5 Å². The van der Waals surface area contributed by atoms with E-state index in [1.165, 1.54) is 4.88 Å². The van der Waals surface area contributed by atoms with Crippen LogP contribution in [-0.2, 0) is 6.54 Å². The summed E-state index contributed by atoms with van der Waals surface area (Å²) in [6, 6.07) is 7.75. The maximum absolute atomic E-state index is 12.9. The Morgan fingerprint density at radius 3 is 2.32 bits per heavy atom. The second-order valence-electron chi connectivity index (χ2n) is 5.84. The first-order valence-corrected chi connectivity index (χ1v) is 9.75. The Morgan fingerprint density at radius 1 is 1.16 bits per heavy atom. The van der Waals surface area contributed by atoms with Crippen molar-refractivity contribution < 1.29 is 14.3 Å². The monoisotopic (exact) mass is 424 g/mol. The van der Waals surface area contributed by atoms with Crippen LogP contribution in [0.1, 0.15) is 15.2 Å². The summed E-state index contributed by atoms with van der Waals surface area (Å²) in [6.07, 6.45) is 0. The number of nitrogens with zero attached hydrogens (tertiary/aromatic N) is 2. The van der Waals surface area contributed by atoms with Crippen LogP contribution in [-0.4, -0.2) is 56.1 Å². The van der Waals surface area contributed by atoms with E-state index in [9.17, 15) is 4.79 Å². The van der Waals surface area contributed by atoms with Crippen LogP contribution < -0.4 is 9.47 Å². The molecule has 2 heterocycles. The lowest BCUT2D eigenvalue weighted by molar-refractivity contribution is 0.0629. The molecule has 0 atom stereocenters. The second-order valence-corrected chi connectivity index (χ2v) is 7.67. The highest BCUT2D eigenvalue weighted by molar-refractivity contribution is 9.10. The average Bonchev–Trinajstić information content (AvgIpc) is 3.15. The van der Waals surface area contributed by atoms with Gasteiger partial charge in [0.2, 0.25) is 0 Å². The molecule has 3 rings (SSSR count). The van der Waals surface area contributed by atoms with Crippen LogP contribution in [0.3, 0.4) is 0 Å². The van der Waals surface area contributed by atoms with Gasteiger partial charge in [0.15, 0.2) is 0 Å². The van der Waals surface area contributed by atoms with Gasteiger partial charge >= 0.3 is 0 Å². The van der Waals surface area contributed by atoms with E-state index < -0.39 is 0 Å². The minimum Gasteiger partial charge on any atom is -0.495 e. The van der Waals surface area contributed by atoms with Crippen molar-refractivity contribution in [3.05, 3.63) is 44.6 Å². The first-order chi connectivity index (χ1) is 12.1. The molecule has 0 spiro atoms. The fourth-order valence-corrected chi connectivity index (χ4v) is 4.21. The van der Waals surface area contributed by atoms with Crippen LogP contribution >= 0.6 is 27.3 Å². The lowest BCUT2D eigenvalue weighted by Gasteiger charge is -2.34. The molecular formula is C18H21BrN2O3S. The third-order valence-electron chi connectivity index (χ3n) is 4.31. The van der Waals surface area contributed by atoms with E-state index in [4.69, 9.17) is 9.47 Å². The first-order valence-electron chi connectivity index (χ1n) is 8.08. The van der Waals surface area contributed by atoms with Gasteiger partial charge in [-0.2, -0.15) is 0 Å². The topological polar surface area (TPSA) is 42.0 Å². The number of halogens is 1. The summed E-state index contributed by atoms with van der Waals surface area (Å²) in [4.78, 5) is 18.5. The van der Waals surface area contributed by atoms with E-state index in [1.54, 1.807) is 37.7 Å². The SMILES string of the molecule is COc1cc(C(=O)N2CCN(Cc3cccs3)CC2)cc(OC)c1Br. The summed E-state index contributed by atoms with van der Waals surface area (Å²) in [6.45, 7) is 4.18. The Balaban J connectivity index is 1.66. The molecule has 2 aromatic rings. The van der Waals surface area contributed by atoms with Crippen molar-refractivity contribution in [1.82, 2.24) is 9.80 Å². The maximum atomic E-state index is 12.9. The van der Waals surface area contributed by atoms with Gasteiger partial charge in [0.1, 0.15) is 16.0 Å². The standard InChI is InChI=1S/C18H21BrN2O3S/c1-23-15-10-13(11-16(24-2)17(15)19)18(22)21-7-5-20(6-8-21)12-14-4-3-9-25-14/h3-4,9-11H,5-8,12H2,1-2H3. The normalized spacial score (nSPS) is 15.2. The number of rotatable bonds is 5. The lowest BCUT2D eigenvalue weighted by atomic mass is 10.1. The van der Waals surface area contributed by atoms with E-state index in [1.807, 2.05) is 4.90 Å². The van der Waals surface area contributed by atoms with E-state index in [2.05, 4.69) is 38.3 Å². The third-order valence-corrected chi connectivity index (χ3v) is 5.95. The number of benzene rings is 1. The van der Waals surface area contributed by atoms with Gasteiger partial charge in [0.05, 0.1) is 14.2 Å². The van der Waals surface area contributed by atoms with Crippen LogP contribution in [0.15, 0.2) is 34.1 Å². The number of methoxy groups -OCH3 is 2. The Bertz CT molecular complexity index is 703. The molecule has 0 aliphatic carbocycles. The van der Waals surface area contributed by atoms with Crippen molar-refractivity contribution in [3.8, 4) is 11.5 Å². The summed E-state index contributed by atoms with van der Waals surface area (Å²) in [5.41, 5.74) is 0.587. The fourth-order valence-electron chi connectivity index (χ4n) is 2.91. The molecule has 1 aromatic carbocycles. The van der Waals surface area contributed by atoms with Crippen molar-refractivity contribution >= 4 is 33.2 Å². The molecular weight excluding hydrogens is 404 g/mol. The van der Waals surface area contributed by atoms with E-state index in [0.717, 1.165) is 37.2 Å². The number of carbonyl (C=O) groups excluding carboxylic acids is 1.